The lowest BCUT2D eigenvalue weighted by Gasteiger charge is -2.35. The zero-order valence-corrected chi connectivity index (χ0v) is 15.7. The van der Waals surface area contributed by atoms with Gasteiger partial charge in [0.25, 0.3) is 0 Å². The normalized spacial score (nSPS) is 19.2. The van der Waals surface area contributed by atoms with E-state index in [9.17, 15) is 0 Å². The summed E-state index contributed by atoms with van der Waals surface area (Å²) in [4.78, 5) is 3.63. The van der Waals surface area contributed by atoms with Gasteiger partial charge < -0.3 is 15.0 Å². The third kappa shape index (κ3) is 2.95. The number of para-hydroxylation sites is 1. The largest absolute Gasteiger partial charge is 0.372 e. The summed E-state index contributed by atoms with van der Waals surface area (Å²) >= 11 is 0. The van der Waals surface area contributed by atoms with Crippen LogP contribution in [0.3, 0.4) is 0 Å². The molecule has 0 spiro atoms. The predicted molar refractivity (Wildman–Crippen MR) is 107 cm³/mol. The summed E-state index contributed by atoms with van der Waals surface area (Å²) in [6, 6.07) is 19.4. The van der Waals surface area contributed by atoms with Crippen LogP contribution in [-0.2, 0) is 16.7 Å². The first kappa shape index (κ1) is 17.3. The molecule has 26 heavy (non-hydrogen) atoms. The molecule has 2 unspecified atom stereocenters. The van der Waals surface area contributed by atoms with Crippen LogP contribution in [0.4, 0.5) is 0 Å². The van der Waals surface area contributed by atoms with Gasteiger partial charge in [-0.15, -0.1) is 0 Å². The van der Waals surface area contributed by atoms with Gasteiger partial charge in [0.2, 0.25) is 0 Å². The average Bonchev–Trinajstić information content (AvgIpc) is 3.09. The Morgan fingerprint density at radius 3 is 2.65 bits per heavy atom. The molecular formula is C23H28N2O. The fourth-order valence-electron chi connectivity index (χ4n) is 4.49. The van der Waals surface area contributed by atoms with E-state index in [0.717, 1.165) is 32.3 Å². The Bertz CT molecular complexity index is 864. The summed E-state index contributed by atoms with van der Waals surface area (Å²) in [5.41, 5.74) is 5.31. The lowest BCUT2D eigenvalue weighted by molar-refractivity contribution is 0.0268. The third-order valence-corrected chi connectivity index (χ3v) is 6.08. The van der Waals surface area contributed by atoms with Crippen LogP contribution in [0.2, 0.25) is 0 Å². The number of H-pyrrole nitrogens is 1. The summed E-state index contributed by atoms with van der Waals surface area (Å²) < 4.78 is 6.20. The molecule has 136 valence electrons. The van der Waals surface area contributed by atoms with E-state index in [1.54, 1.807) is 0 Å². The minimum Gasteiger partial charge on any atom is -0.372 e. The monoisotopic (exact) mass is 348 g/mol. The van der Waals surface area contributed by atoms with Crippen LogP contribution < -0.4 is 5.32 Å². The van der Waals surface area contributed by atoms with Crippen LogP contribution in [0.5, 0.6) is 0 Å². The first-order chi connectivity index (χ1) is 12.8. The molecule has 3 heteroatoms. The number of ether oxygens (including phenoxy) is 1. The minimum absolute atomic E-state index is 0.00571. The van der Waals surface area contributed by atoms with Crippen molar-refractivity contribution in [2.75, 3.05) is 13.7 Å². The second-order valence-electron chi connectivity index (χ2n) is 7.26. The molecule has 2 heterocycles. The van der Waals surface area contributed by atoms with E-state index in [-0.39, 0.29) is 11.6 Å². The van der Waals surface area contributed by atoms with Crippen LogP contribution in [0, 0.1) is 0 Å². The molecular weight excluding hydrogens is 320 g/mol. The Morgan fingerprint density at radius 2 is 1.88 bits per heavy atom. The highest BCUT2D eigenvalue weighted by molar-refractivity contribution is 5.85. The van der Waals surface area contributed by atoms with Crippen LogP contribution >= 0.6 is 0 Å². The van der Waals surface area contributed by atoms with Gasteiger partial charge in [0.15, 0.2) is 0 Å². The smallest absolute Gasteiger partial charge is 0.0976 e. The van der Waals surface area contributed by atoms with Gasteiger partial charge in [0, 0.05) is 22.1 Å². The van der Waals surface area contributed by atoms with Crippen LogP contribution in [0.15, 0.2) is 54.6 Å². The molecule has 0 amide bonds. The number of hydrogen-bond donors (Lipinski definition) is 2. The molecule has 2 aromatic carbocycles. The van der Waals surface area contributed by atoms with Crippen molar-refractivity contribution in [3.05, 3.63) is 71.4 Å². The Morgan fingerprint density at radius 1 is 1.12 bits per heavy atom. The molecule has 0 bridgehead atoms. The Kier molecular flexibility index (Phi) is 4.84. The Hall–Kier alpha value is -2.10. The summed E-state index contributed by atoms with van der Waals surface area (Å²) in [5, 5.41) is 4.96. The molecule has 0 fully saturated rings. The third-order valence-electron chi connectivity index (χ3n) is 6.08. The predicted octanol–water partition coefficient (Wildman–Crippen LogP) is 5.09. The highest BCUT2D eigenvalue weighted by Crippen LogP contribution is 2.38. The van der Waals surface area contributed by atoms with Crippen molar-refractivity contribution >= 4 is 10.9 Å². The van der Waals surface area contributed by atoms with Gasteiger partial charge in [-0.3, -0.25) is 0 Å². The molecule has 2 atom stereocenters. The number of nitrogens with one attached hydrogen (secondary N) is 2. The Labute approximate surface area is 155 Å². The van der Waals surface area contributed by atoms with Crippen LogP contribution in [0.25, 0.3) is 10.9 Å². The summed E-state index contributed by atoms with van der Waals surface area (Å²) in [6.45, 7) is 3.07. The van der Waals surface area contributed by atoms with Crippen molar-refractivity contribution in [1.29, 1.82) is 0 Å². The number of fused-ring (bicyclic) bond motifs is 3. The fourth-order valence-corrected chi connectivity index (χ4v) is 4.49. The van der Waals surface area contributed by atoms with Crippen molar-refractivity contribution in [3.63, 3.8) is 0 Å². The zero-order valence-electron chi connectivity index (χ0n) is 15.7. The van der Waals surface area contributed by atoms with E-state index in [1.165, 1.54) is 27.7 Å². The van der Waals surface area contributed by atoms with Crippen molar-refractivity contribution in [2.45, 2.75) is 44.2 Å². The van der Waals surface area contributed by atoms with E-state index in [0.29, 0.717) is 0 Å². The first-order valence-corrected chi connectivity index (χ1v) is 9.73. The molecule has 0 radical (unpaired) electrons. The number of aromatic nitrogens is 1. The van der Waals surface area contributed by atoms with Gasteiger partial charge in [-0.25, -0.2) is 0 Å². The minimum atomic E-state index is -0.00571. The number of hydrogen-bond acceptors (Lipinski definition) is 2. The molecule has 0 saturated carbocycles. The maximum Gasteiger partial charge on any atom is 0.0976 e. The molecule has 0 saturated heterocycles. The highest BCUT2D eigenvalue weighted by Gasteiger charge is 2.32. The lowest BCUT2D eigenvalue weighted by atomic mass is 9.81. The lowest BCUT2D eigenvalue weighted by Crippen LogP contribution is -2.40. The van der Waals surface area contributed by atoms with E-state index < -0.39 is 0 Å². The second-order valence-corrected chi connectivity index (χ2v) is 7.26. The second kappa shape index (κ2) is 7.26. The topological polar surface area (TPSA) is 37.0 Å². The van der Waals surface area contributed by atoms with E-state index in [1.807, 2.05) is 0 Å². The van der Waals surface area contributed by atoms with Crippen molar-refractivity contribution in [1.82, 2.24) is 10.3 Å². The van der Waals surface area contributed by atoms with Gasteiger partial charge in [-0.2, -0.15) is 0 Å². The van der Waals surface area contributed by atoms with Crippen molar-refractivity contribution in [3.8, 4) is 0 Å². The number of aromatic amines is 1. The van der Waals surface area contributed by atoms with Crippen LogP contribution in [0.1, 0.15) is 49.1 Å². The molecule has 0 aliphatic carbocycles. The zero-order chi connectivity index (χ0) is 18.0. The first-order valence-electron chi connectivity index (χ1n) is 9.73. The maximum atomic E-state index is 6.20. The molecule has 4 rings (SSSR count). The molecule has 1 aromatic heterocycles. The molecule has 2 N–H and O–H groups in total. The van der Waals surface area contributed by atoms with Gasteiger partial charge in [-0.1, -0.05) is 55.5 Å². The van der Waals surface area contributed by atoms with Gasteiger partial charge in [0.05, 0.1) is 12.7 Å². The maximum absolute atomic E-state index is 6.20. The molecule has 1 aliphatic rings. The summed E-state index contributed by atoms with van der Waals surface area (Å²) in [7, 11) is 2.08. The van der Waals surface area contributed by atoms with Gasteiger partial charge >= 0.3 is 0 Å². The fraction of sp³-hybridized carbons (Fsp3) is 0.391. The van der Waals surface area contributed by atoms with Crippen molar-refractivity contribution in [2.24, 2.45) is 0 Å². The van der Waals surface area contributed by atoms with Gasteiger partial charge in [-0.05, 0) is 49.9 Å². The van der Waals surface area contributed by atoms with E-state index in [2.05, 4.69) is 78.9 Å². The summed E-state index contributed by atoms with van der Waals surface area (Å²) in [6.07, 6.45) is 4.25. The summed E-state index contributed by atoms with van der Waals surface area (Å²) in [5.74, 6) is 0. The highest BCUT2D eigenvalue weighted by atomic mass is 16.5. The van der Waals surface area contributed by atoms with Crippen LogP contribution in [-0.4, -0.2) is 18.6 Å². The SMILES string of the molecule is CCC(CCC1OCCc2c1[nH]c1ccccc21)(NC)c1ccccc1. The Balaban J connectivity index is 1.60. The van der Waals surface area contributed by atoms with Crippen molar-refractivity contribution < 1.29 is 4.74 Å². The average molecular weight is 348 g/mol. The van der Waals surface area contributed by atoms with E-state index in [4.69, 9.17) is 4.74 Å². The number of rotatable bonds is 6. The quantitative estimate of drug-likeness (QED) is 0.651. The molecule has 3 nitrogen and oxygen atoms in total. The van der Waals surface area contributed by atoms with E-state index >= 15 is 0 Å². The number of benzene rings is 2. The standard InChI is InChI=1S/C23H28N2O/c1-3-23(24-2,17-9-5-4-6-10-17)15-13-21-22-19(14-16-26-21)18-11-7-8-12-20(18)25-22/h4-12,21,24-25H,3,13-16H2,1-2H3. The molecule has 1 aliphatic heterocycles. The molecule has 3 aromatic rings. The van der Waals surface area contributed by atoms with Gasteiger partial charge in [0.1, 0.15) is 0 Å².